The van der Waals surface area contributed by atoms with Crippen LogP contribution in [-0.4, -0.2) is 5.16 Å². The molecule has 0 spiro atoms. The topological polar surface area (TPSA) is 12.4 Å². The summed E-state index contributed by atoms with van der Waals surface area (Å²) in [5, 5.41) is 2.45. The molecule has 2 fully saturated rings. The predicted molar refractivity (Wildman–Crippen MR) is 131 cm³/mol. The number of isothiocyanates is 1. The molecule has 2 aliphatic carbocycles. The first kappa shape index (κ1) is 21.5. The number of hydrogen-bond donors (Lipinski definition) is 0. The van der Waals surface area contributed by atoms with Crippen LogP contribution in [0.25, 0.3) is 0 Å². The van der Waals surface area contributed by atoms with Crippen molar-refractivity contribution in [1.29, 1.82) is 0 Å². The Labute approximate surface area is 188 Å². The van der Waals surface area contributed by atoms with Crippen molar-refractivity contribution in [2.45, 2.75) is 83.0 Å². The molecule has 1 nitrogen and oxygen atoms in total. The van der Waals surface area contributed by atoms with E-state index in [4.69, 9.17) is 0 Å². The number of thiocarbonyl (C=S) groups is 1. The first-order chi connectivity index (χ1) is 14.7. The third kappa shape index (κ3) is 5.68. The number of hydrogen-bond acceptors (Lipinski definition) is 2. The van der Waals surface area contributed by atoms with Crippen molar-refractivity contribution in [1.82, 2.24) is 0 Å². The van der Waals surface area contributed by atoms with E-state index in [0.29, 0.717) is 5.92 Å². The van der Waals surface area contributed by atoms with Crippen molar-refractivity contribution in [2.75, 3.05) is 0 Å². The molecule has 2 aromatic carbocycles. The van der Waals surface area contributed by atoms with E-state index in [9.17, 15) is 0 Å². The van der Waals surface area contributed by atoms with E-state index in [1.54, 1.807) is 5.56 Å². The standard InChI is InChI=1S/C28H35NS/c1-21-2-10-24(11-3-21)25-12-6-22(7-13-25)4-5-23-8-14-26(15-9-23)27-16-18-28(19-17-27)29-20-30/h6-7,12-13,16-19,21,23-24,26H,2-5,8-11,14-15H2,1H3. The van der Waals surface area contributed by atoms with Gasteiger partial charge in [0.05, 0.1) is 10.8 Å². The highest BCUT2D eigenvalue weighted by atomic mass is 32.1. The van der Waals surface area contributed by atoms with Crippen molar-refractivity contribution in [3.8, 4) is 0 Å². The maximum absolute atomic E-state index is 4.69. The molecule has 0 bridgehead atoms. The van der Waals surface area contributed by atoms with Crippen LogP contribution in [0.3, 0.4) is 0 Å². The van der Waals surface area contributed by atoms with Crippen LogP contribution in [0.1, 0.15) is 93.2 Å². The average molecular weight is 418 g/mol. The summed E-state index contributed by atoms with van der Waals surface area (Å²) < 4.78 is 0. The fraction of sp³-hybridized carbons (Fsp3) is 0.536. The molecule has 2 aromatic rings. The van der Waals surface area contributed by atoms with Crippen molar-refractivity contribution in [3.63, 3.8) is 0 Å². The van der Waals surface area contributed by atoms with Gasteiger partial charge in [-0.2, -0.15) is 4.99 Å². The largest absolute Gasteiger partial charge is 0.195 e. The Morgan fingerprint density at radius 3 is 1.87 bits per heavy atom. The minimum atomic E-state index is 0.712. The van der Waals surface area contributed by atoms with Gasteiger partial charge < -0.3 is 0 Å². The SMILES string of the molecule is CC1CCC(c2ccc(CCC3CCC(c4ccc(N=C=S)cc4)CC3)cc2)CC1. The Hall–Kier alpha value is -1.76. The van der Waals surface area contributed by atoms with Gasteiger partial charge in [0, 0.05) is 0 Å². The van der Waals surface area contributed by atoms with Gasteiger partial charge in [-0.25, -0.2) is 0 Å². The van der Waals surface area contributed by atoms with Crippen molar-refractivity contribution in [3.05, 3.63) is 65.2 Å². The highest BCUT2D eigenvalue weighted by Gasteiger charge is 2.22. The molecule has 0 N–H and O–H groups in total. The second-order valence-electron chi connectivity index (χ2n) is 9.75. The monoisotopic (exact) mass is 417 g/mol. The number of nitrogens with zero attached hydrogens (tertiary/aromatic N) is 1. The minimum absolute atomic E-state index is 0.712. The molecule has 2 aliphatic rings. The van der Waals surface area contributed by atoms with E-state index in [1.807, 2.05) is 0 Å². The van der Waals surface area contributed by atoms with Gasteiger partial charge in [0.15, 0.2) is 0 Å². The zero-order chi connectivity index (χ0) is 20.8. The van der Waals surface area contributed by atoms with E-state index >= 15 is 0 Å². The highest BCUT2D eigenvalue weighted by molar-refractivity contribution is 7.78. The first-order valence-electron chi connectivity index (χ1n) is 12.0. The molecule has 0 radical (unpaired) electrons. The van der Waals surface area contributed by atoms with Gasteiger partial charge in [0.25, 0.3) is 0 Å². The van der Waals surface area contributed by atoms with Crippen LogP contribution >= 0.6 is 12.2 Å². The number of aliphatic imine (C=N–C) groups is 1. The molecule has 2 heteroatoms. The number of rotatable bonds is 6. The summed E-state index contributed by atoms with van der Waals surface area (Å²) in [6.07, 6.45) is 13.5. The molecule has 0 unspecified atom stereocenters. The quantitative estimate of drug-likeness (QED) is 0.338. The molecular weight excluding hydrogens is 382 g/mol. The van der Waals surface area contributed by atoms with E-state index < -0.39 is 0 Å². The van der Waals surface area contributed by atoms with E-state index in [-0.39, 0.29) is 0 Å². The summed E-state index contributed by atoms with van der Waals surface area (Å²) in [6, 6.07) is 18.2. The predicted octanol–water partition coefficient (Wildman–Crippen LogP) is 8.62. The second kappa shape index (κ2) is 10.5. The van der Waals surface area contributed by atoms with Gasteiger partial charge in [-0.05, 0) is 116 Å². The Morgan fingerprint density at radius 2 is 1.30 bits per heavy atom. The fourth-order valence-corrected chi connectivity index (χ4v) is 5.68. The van der Waals surface area contributed by atoms with E-state index in [2.05, 4.69) is 77.8 Å². The van der Waals surface area contributed by atoms with Gasteiger partial charge in [0.2, 0.25) is 0 Å². The van der Waals surface area contributed by atoms with Crippen LogP contribution in [-0.2, 0) is 6.42 Å². The summed E-state index contributed by atoms with van der Waals surface area (Å²) in [6.45, 7) is 2.40. The van der Waals surface area contributed by atoms with Gasteiger partial charge in [-0.3, -0.25) is 0 Å². The Bertz CT molecular complexity index is 831. The smallest absolute Gasteiger partial charge is 0.0739 e. The summed E-state index contributed by atoms with van der Waals surface area (Å²) in [5.74, 6) is 3.34. The highest BCUT2D eigenvalue weighted by Crippen LogP contribution is 2.38. The lowest BCUT2D eigenvalue weighted by Gasteiger charge is -2.29. The zero-order valence-corrected chi connectivity index (χ0v) is 19.2. The normalized spacial score (nSPS) is 26.7. The Morgan fingerprint density at radius 1 is 0.767 bits per heavy atom. The van der Waals surface area contributed by atoms with Gasteiger partial charge in [-0.1, -0.05) is 56.2 Å². The van der Waals surface area contributed by atoms with Gasteiger partial charge in [0.1, 0.15) is 0 Å². The lowest BCUT2D eigenvalue weighted by Crippen LogP contribution is -2.14. The van der Waals surface area contributed by atoms with Gasteiger partial charge in [-0.15, -0.1) is 0 Å². The van der Waals surface area contributed by atoms with Crippen molar-refractivity contribution < 1.29 is 0 Å². The third-order valence-corrected chi connectivity index (χ3v) is 7.79. The minimum Gasteiger partial charge on any atom is -0.195 e. The molecule has 158 valence electrons. The lowest BCUT2D eigenvalue weighted by atomic mass is 9.76. The fourth-order valence-electron chi connectivity index (χ4n) is 5.58. The maximum Gasteiger partial charge on any atom is 0.0739 e. The van der Waals surface area contributed by atoms with Crippen LogP contribution in [0.4, 0.5) is 5.69 Å². The number of aryl methyl sites for hydroxylation is 1. The molecule has 0 amide bonds. The first-order valence-corrected chi connectivity index (χ1v) is 12.4. The van der Waals surface area contributed by atoms with Crippen LogP contribution in [0, 0.1) is 11.8 Å². The third-order valence-electron chi connectivity index (χ3n) is 7.69. The average Bonchev–Trinajstić information content (AvgIpc) is 2.80. The number of benzene rings is 2. The van der Waals surface area contributed by atoms with Crippen LogP contribution in [0.5, 0.6) is 0 Å². The lowest BCUT2D eigenvalue weighted by molar-refractivity contribution is 0.310. The molecule has 0 aromatic heterocycles. The molecular formula is C28H35NS. The summed E-state index contributed by atoms with van der Waals surface area (Å²) in [7, 11) is 0. The molecule has 0 aliphatic heterocycles. The van der Waals surface area contributed by atoms with Crippen molar-refractivity contribution in [2.24, 2.45) is 16.8 Å². The summed E-state index contributed by atoms with van der Waals surface area (Å²) >= 11 is 4.69. The molecule has 0 saturated heterocycles. The molecule has 30 heavy (non-hydrogen) atoms. The van der Waals surface area contributed by atoms with E-state index in [0.717, 1.165) is 23.4 Å². The summed E-state index contributed by atoms with van der Waals surface area (Å²) in [4.78, 5) is 4.06. The Kier molecular flexibility index (Phi) is 7.52. The zero-order valence-electron chi connectivity index (χ0n) is 18.4. The summed E-state index contributed by atoms with van der Waals surface area (Å²) in [5.41, 5.74) is 5.48. The van der Waals surface area contributed by atoms with Gasteiger partial charge >= 0.3 is 0 Å². The van der Waals surface area contributed by atoms with Crippen molar-refractivity contribution >= 4 is 23.1 Å². The Balaban J connectivity index is 1.22. The molecule has 4 rings (SSSR count). The molecule has 0 atom stereocenters. The van der Waals surface area contributed by atoms with Crippen LogP contribution < -0.4 is 0 Å². The molecule has 0 heterocycles. The van der Waals surface area contributed by atoms with Crippen LogP contribution in [0.15, 0.2) is 53.5 Å². The van der Waals surface area contributed by atoms with Crippen LogP contribution in [0.2, 0.25) is 0 Å². The molecule has 2 saturated carbocycles. The van der Waals surface area contributed by atoms with E-state index in [1.165, 1.54) is 75.3 Å². The maximum atomic E-state index is 4.69. The second-order valence-corrected chi connectivity index (χ2v) is 9.93.